The third-order valence-electron chi connectivity index (χ3n) is 3.56. The molecule has 0 unspecified atom stereocenters. The Labute approximate surface area is 120 Å². The second-order valence-electron chi connectivity index (χ2n) is 5.37. The summed E-state index contributed by atoms with van der Waals surface area (Å²) < 4.78 is 7.30. The Balaban J connectivity index is 1.59. The summed E-state index contributed by atoms with van der Waals surface area (Å²) in [5, 5.41) is 6.83. The molecule has 1 N–H and O–H groups in total. The molecule has 6 nitrogen and oxygen atoms in total. The largest absolute Gasteiger partial charge is 0.440 e. The molecule has 21 heavy (non-hydrogen) atoms. The van der Waals surface area contributed by atoms with E-state index in [1.165, 1.54) is 6.20 Å². The first kappa shape index (κ1) is 12.1. The van der Waals surface area contributed by atoms with Crippen molar-refractivity contribution in [3.05, 3.63) is 42.0 Å². The van der Waals surface area contributed by atoms with Crippen LogP contribution in [0, 0.1) is 0 Å². The summed E-state index contributed by atoms with van der Waals surface area (Å²) in [5.74, 6) is 1.10. The number of hydrogen-bond acceptors (Lipinski definition) is 4. The molecule has 0 bridgehead atoms. The van der Waals surface area contributed by atoms with Crippen LogP contribution in [0.4, 0.5) is 5.69 Å². The quantitative estimate of drug-likeness (QED) is 0.801. The van der Waals surface area contributed by atoms with Gasteiger partial charge in [-0.2, -0.15) is 5.10 Å². The van der Waals surface area contributed by atoms with Gasteiger partial charge in [0.2, 0.25) is 0 Å². The summed E-state index contributed by atoms with van der Waals surface area (Å²) in [6, 6.07) is 5.49. The minimum atomic E-state index is -0.187. The van der Waals surface area contributed by atoms with Gasteiger partial charge in [0.25, 0.3) is 5.91 Å². The zero-order valence-electron chi connectivity index (χ0n) is 11.5. The third kappa shape index (κ3) is 2.29. The van der Waals surface area contributed by atoms with Crippen molar-refractivity contribution in [2.75, 3.05) is 5.32 Å². The number of rotatable bonds is 3. The van der Waals surface area contributed by atoms with E-state index in [0.29, 0.717) is 17.2 Å². The van der Waals surface area contributed by atoms with E-state index >= 15 is 0 Å². The van der Waals surface area contributed by atoms with Crippen LogP contribution in [-0.4, -0.2) is 20.7 Å². The summed E-state index contributed by atoms with van der Waals surface area (Å²) in [7, 11) is 1.78. The van der Waals surface area contributed by atoms with E-state index in [1.54, 1.807) is 17.9 Å². The molecule has 2 aromatic heterocycles. The average Bonchev–Trinajstić information content (AvgIpc) is 3.09. The summed E-state index contributed by atoms with van der Waals surface area (Å²) in [5.41, 5.74) is 2.76. The van der Waals surface area contributed by atoms with Crippen LogP contribution in [-0.2, 0) is 7.05 Å². The minimum absolute atomic E-state index is 0.187. The van der Waals surface area contributed by atoms with E-state index in [9.17, 15) is 4.79 Å². The second-order valence-corrected chi connectivity index (χ2v) is 5.37. The molecular weight excluding hydrogens is 268 g/mol. The van der Waals surface area contributed by atoms with E-state index in [-0.39, 0.29) is 5.91 Å². The first-order valence-electron chi connectivity index (χ1n) is 6.89. The Morgan fingerprint density at radius 1 is 1.43 bits per heavy atom. The minimum Gasteiger partial charge on any atom is -0.440 e. The van der Waals surface area contributed by atoms with Gasteiger partial charge in [0.05, 0.1) is 11.8 Å². The highest BCUT2D eigenvalue weighted by atomic mass is 16.3. The molecule has 4 rings (SSSR count). The zero-order chi connectivity index (χ0) is 14.4. The van der Waals surface area contributed by atoms with Crippen LogP contribution in [0.5, 0.6) is 0 Å². The van der Waals surface area contributed by atoms with E-state index in [0.717, 1.165) is 29.8 Å². The fourth-order valence-corrected chi connectivity index (χ4v) is 2.27. The molecule has 1 aromatic carbocycles. The molecule has 2 heterocycles. The maximum absolute atomic E-state index is 12.1. The lowest BCUT2D eigenvalue weighted by atomic mass is 10.2. The second kappa shape index (κ2) is 4.44. The molecule has 1 saturated carbocycles. The number of fused-ring (bicyclic) bond motifs is 1. The Morgan fingerprint density at radius 3 is 3.00 bits per heavy atom. The number of amides is 1. The molecule has 1 aliphatic rings. The normalized spacial score (nSPS) is 14.5. The lowest BCUT2D eigenvalue weighted by Gasteiger charge is -2.02. The zero-order valence-corrected chi connectivity index (χ0v) is 11.5. The SMILES string of the molecule is Cn1cc(C(=O)Nc2ccc3oc(C4CC4)nc3c2)cn1. The van der Waals surface area contributed by atoms with E-state index in [4.69, 9.17) is 4.42 Å². The van der Waals surface area contributed by atoms with Gasteiger partial charge < -0.3 is 9.73 Å². The van der Waals surface area contributed by atoms with Gasteiger partial charge in [-0.15, -0.1) is 0 Å². The highest BCUT2D eigenvalue weighted by molar-refractivity contribution is 6.04. The first-order chi connectivity index (χ1) is 10.2. The number of aromatic nitrogens is 3. The Morgan fingerprint density at radius 2 is 2.29 bits per heavy atom. The third-order valence-corrected chi connectivity index (χ3v) is 3.56. The summed E-state index contributed by atoms with van der Waals surface area (Å²) in [6.45, 7) is 0. The van der Waals surface area contributed by atoms with Crippen LogP contribution in [0.1, 0.15) is 35.0 Å². The summed E-state index contributed by atoms with van der Waals surface area (Å²) in [4.78, 5) is 16.6. The van der Waals surface area contributed by atoms with Crippen LogP contribution >= 0.6 is 0 Å². The lowest BCUT2D eigenvalue weighted by molar-refractivity contribution is 0.102. The van der Waals surface area contributed by atoms with Gasteiger partial charge in [0.1, 0.15) is 5.52 Å². The Bertz CT molecular complexity index is 829. The number of oxazole rings is 1. The van der Waals surface area contributed by atoms with Crippen LogP contribution in [0.3, 0.4) is 0 Å². The van der Waals surface area contributed by atoms with Crippen LogP contribution in [0.15, 0.2) is 35.0 Å². The monoisotopic (exact) mass is 282 g/mol. The molecule has 0 spiro atoms. The highest BCUT2D eigenvalue weighted by Gasteiger charge is 2.28. The number of nitrogens with zero attached hydrogens (tertiary/aromatic N) is 3. The lowest BCUT2D eigenvalue weighted by Crippen LogP contribution is -2.10. The number of carbonyl (C=O) groups excluding carboxylic acids is 1. The Hall–Kier alpha value is -2.63. The molecule has 0 aliphatic heterocycles. The number of carbonyl (C=O) groups is 1. The predicted molar refractivity (Wildman–Crippen MR) is 77.1 cm³/mol. The van der Waals surface area contributed by atoms with Gasteiger partial charge in [-0.25, -0.2) is 4.98 Å². The molecule has 3 aromatic rings. The van der Waals surface area contributed by atoms with Crippen molar-refractivity contribution < 1.29 is 9.21 Å². The van der Waals surface area contributed by atoms with Crippen molar-refractivity contribution in [3.63, 3.8) is 0 Å². The standard InChI is InChI=1S/C15H14N4O2/c1-19-8-10(7-16-19)14(20)17-11-4-5-13-12(6-11)18-15(21-13)9-2-3-9/h4-9H,2-3H2,1H3,(H,17,20). The maximum Gasteiger partial charge on any atom is 0.258 e. The van der Waals surface area contributed by atoms with Crippen molar-refractivity contribution in [1.82, 2.24) is 14.8 Å². The van der Waals surface area contributed by atoms with Crippen LogP contribution < -0.4 is 5.32 Å². The first-order valence-corrected chi connectivity index (χ1v) is 6.89. The van der Waals surface area contributed by atoms with Crippen molar-refractivity contribution in [2.45, 2.75) is 18.8 Å². The molecule has 0 saturated heterocycles. The average molecular weight is 282 g/mol. The van der Waals surface area contributed by atoms with Gasteiger partial charge >= 0.3 is 0 Å². The number of nitrogens with one attached hydrogen (secondary N) is 1. The van der Waals surface area contributed by atoms with Crippen molar-refractivity contribution in [1.29, 1.82) is 0 Å². The number of anilines is 1. The fourth-order valence-electron chi connectivity index (χ4n) is 2.27. The van der Waals surface area contributed by atoms with E-state index in [1.807, 2.05) is 18.2 Å². The molecule has 1 aliphatic carbocycles. The Kier molecular flexibility index (Phi) is 2.57. The van der Waals surface area contributed by atoms with Gasteiger partial charge in [-0.05, 0) is 31.0 Å². The van der Waals surface area contributed by atoms with E-state index < -0.39 is 0 Å². The number of hydrogen-bond donors (Lipinski definition) is 1. The molecule has 6 heteroatoms. The van der Waals surface area contributed by atoms with Crippen molar-refractivity contribution in [3.8, 4) is 0 Å². The maximum atomic E-state index is 12.1. The highest BCUT2D eigenvalue weighted by Crippen LogP contribution is 2.40. The smallest absolute Gasteiger partial charge is 0.258 e. The topological polar surface area (TPSA) is 73.0 Å². The number of benzene rings is 1. The van der Waals surface area contributed by atoms with Crippen LogP contribution in [0.25, 0.3) is 11.1 Å². The molecule has 1 fully saturated rings. The predicted octanol–water partition coefficient (Wildman–Crippen LogP) is 2.69. The molecule has 0 radical (unpaired) electrons. The van der Waals surface area contributed by atoms with Gasteiger partial charge in [-0.3, -0.25) is 9.48 Å². The summed E-state index contributed by atoms with van der Waals surface area (Å²) in [6.07, 6.45) is 5.51. The van der Waals surface area contributed by atoms with Crippen molar-refractivity contribution >= 4 is 22.7 Å². The fraction of sp³-hybridized carbons (Fsp3) is 0.267. The van der Waals surface area contributed by atoms with Crippen LogP contribution in [0.2, 0.25) is 0 Å². The van der Waals surface area contributed by atoms with Gasteiger partial charge in [-0.1, -0.05) is 0 Å². The van der Waals surface area contributed by atoms with Gasteiger partial charge in [0, 0.05) is 24.8 Å². The number of aryl methyl sites for hydroxylation is 1. The molecule has 1 amide bonds. The summed E-state index contributed by atoms with van der Waals surface area (Å²) >= 11 is 0. The molecule has 0 atom stereocenters. The van der Waals surface area contributed by atoms with E-state index in [2.05, 4.69) is 15.4 Å². The van der Waals surface area contributed by atoms with Crippen molar-refractivity contribution in [2.24, 2.45) is 7.05 Å². The molecular formula is C15H14N4O2. The molecule has 106 valence electrons. The van der Waals surface area contributed by atoms with Gasteiger partial charge in [0.15, 0.2) is 11.5 Å².